The first kappa shape index (κ1) is 24.0. The Balaban J connectivity index is 2.70. The summed E-state index contributed by atoms with van der Waals surface area (Å²) >= 11 is 0. The van der Waals surface area contributed by atoms with Crippen molar-refractivity contribution in [3.63, 3.8) is 0 Å². The highest BCUT2D eigenvalue weighted by Crippen LogP contribution is 2.47. The van der Waals surface area contributed by atoms with E-state index in [0.717, 1.165) is 6.42 Å². The van der Waals surface area contributed by atoms with Crippen molar-refractivity contribution in [1.29, 1.82) is 0 Å². The van der Waals surface area contributed by atoms with Gasteiger partial charge in [-0.2, -0.15) is 0 Å². The summed E-state index contributed by atoms with van der Waals surface area (Å²) in [4.78, 5) is 0. The number of rotatable bonds is 12. The third-order valence-electron chi connectivity index (χ3n) is 4.05. The van der Waals surface area contributed by atoms with E-state index in [2.05, 4.69) is 5.09 Å². The maximum atomic E-state index is 13.3. The number of nitrogens with zero attached hydrogens (tertiary/aromatic N) is 1. The average Bonchev–Trinajstić information content (AvgIpc) is 2.62. The van der Waals surface area contributed by atoms with Crippen LogP contribution in [0, 0.1) is 0 Å². The molecule has 5 N–H and O–H groups in total. The number of morpholine rings is 1. The molecule has 2 unspecified atom stereocenters. The molecule has 154 valence electrons. The lowest BCUT2D eigenvalue weighted by Crippen LogP contribution is -2.48. The topological polar surface area (TPSA) is 138 Å². The summed E-state index contributed by atoms with van der Waals surface area (Å²) in [7, 11) is -3.94. The third kappa shape index (κ3) is 7.94. The molecule has 1 aliphatic heterocycles. The first-order valence-corrected chi connectivity index (χ1v) is 11.6. The second-order valence-electron chi connectivity index (χ2n) is 6.27. The van der Waals surface area contributed by atoms with E-state index in [-0.39, 0.29) is 38.1 Å². The minimum absolute atomic E-state index is 0.0457. The molecule has 0 spiro atoms. The quantitative estimate of drug-likeness (QED) is 0.398. The van der Waals surface area contributed by atoms with Gasteiger partial charge >= 0.3 is 15.8 Å². The molecule has 0 aromatic carbocycles. The van der Waals surface area contributed by atoms with Crippen LogP contribution < -0.4 is 16.3 Å². The molecule has 0 bridgehead atoms. The lowest BCUT2D eigenvalue weighted by atomic mass is 10.2. The molecule has 1 fully saturated rings. The monoisotopic (exact) mass is 415 g/mol. The molecule has 1 aliphatic rings. The molecule has 0 saturated carbocycles. The van der Waals surface area contributed by atoms with E-state index < -0.39 is 22.0 Å². The van der Waals surface area contributed by atoms with Gasteiger partial charge in [-0.05, 0) is 31.9 Å². The molecule has 0 aromatic rings. The van der Waals surface area contributed by atoms with Crippen LogP contribution in [0.2, 0.25) is 0 Å². The molecule has 1 saturated heterocycles. The number of nitrogens with two attached hydrogens (primary N) is 2. The molecule has 26 heavy (non-hydrogen) atoms. The first-order valence-electron chi connectivity index (χ1n) is 8.78. The zero-order chi connectivity index (χ0) is 19.7. The van der Waals surface area contributed by atoms with E-state index in [1.54, 1.807) is 11.7 Å². The first-order chi connectivity index (χ1) is 12.2. The number of hydrogen-bond donors (Lipinski definition) is 3. The molecule has 0 aromatic heterocycles. The van der Waals surface area contributed by atoms with Crippen molar-refractivity contribution in [2.24, 2.45) is 11.2 Å². The summed E-state index contributed by atoms with van der Waals surface area (Å²) in [5, 5.41) is 2.79. The fraction of sp³-hybridized carbons (Fsp3) is 1.00. The molecular weight excluding hydrogens is 382 g/mol. The summed E-state index contributed by atoms with van der Waals surface area (Å²) in [5.74, 6) is 0. The molecule has 0 aliphatic carbocycles. The van der Waals surface area contributed by atoms with Gasteiger partial charge in [-0.15, -0.1) is 4.52 Å². The van der Waals surface area contributed by atoms with Crippen LogP contribution in [0.1, 0.15) is 27.2 Å². The Morgan fingerprint density at radius 1 is 1.46 bits per heavy atom. The summed E-state index contributed by atoms with van der Waals surface area (Å²) in [5.41, 5.74) is 10.9. The maximum absolute atomic E-state index is 13.3. The van der Waals surface area contributed by atoms with Crippen molar-refractivity contribution in [2.45, 2.75) is 51.6 Å². The average molecular weight is 415 g/mol. The van der Waals surface area contributed by atoms with Gasteiger partial charge in [0.1, 0.15) is 6.61 Å². The van der Waals surface area contributed by atoms with Crippen molar-refractivity contribution in [3.8, 4) is 0 Å². The van der Waals surface area contributed by atoms with E-state index in [1.165, 1.54) is 0 Å². The van der Waals surface area contributed by atoms with Crippen molar-refractivity contribution < 1.29 is 27.7 Å². The predicted molar refractivity (Wildman–Crippen MR) is 100.0 cm³/mol. The van der Waals surface area contributed by atoms with E-state index in [4.69, 9.17) is 29.8 Å². The van der Waals surface area contributed by atoms with Gasteiger partial charge in [-0.1, -0.05) is 12.4 Å². The van der Waals surface area contributed by atoms with Crippen LogP contribution in [0.5, 0.6) is 0 Å². The highest BCUT2D eigenvalue weighted by Gasteiger charge is 2.39. The van der Waals surface area contributed by atoms with Crippen molar-refractivity contribution in [1.82, 2.24) is 9.76 Å². The maximum Gasteiger partial charge on any atom is 0.610 e. The molecule has 0 radical (unpaired) electrons. The Morgan fingerprint density at radius 2 is 2.15 bits per heavy atom. The van der Waals surface area contributed by atoms with Crippen molar-refractivity contribution >= 4 is 15.8 Å². The normalized spacial score (nSPS) is 26.9. The van der Waals surface area contributed by atoms with Crippen LogP contribution in [0.4, 0.5) is 0 Å². The number of ether oxygens (including phenoxy) is 2. The molecule has 1 heterocycles. The van der Waals surface area contributed by atoms with Gasteiger partial charge < -0.3 is 19.7 Å². The van der Waals surface area contributed by atoms with E-state index in [0.29, 0.717) is 13.1 Å². The van der Waals surface area contributed by atoms with Crippen molar-refractivity contribution in [2.75, 3.05) is 39.9 Å². The smallest absolute Gasteiger partial charge is 0.372 e. The molecule has 12 heteroatoms. The van der Waals surface area contributed by atoms with Gasteiger partial charge in [0.25, 0.3) is 0 Å². The molecule has 6 atom stereocenters. The molecule has 10 nitrogen and oxygen atoms in total. The second kappa shape index (κ2) is 11.8. The standard InChI is InChI=1S/C14H33N4O6P2/c1-5-11(2)23-13(6-15)10-22-26(20,17-4)18-7-12(3)24-14(8-18)9-21-25(16)19/h11-14H,5-10,15H2,1-4H3,(H2,16,19)(H,17,20)/q+1/t11-,12-,13-,14-,26?/m0/s1. The Hall–Kier alpha value is 0.01000. The summed E-state index contributed by atoms with van der Waals surface area (Å²) in [6.07, 6.45) is -0.0467. The van der Waals surface area contributed by atoms with Crippen LogP contribution in [0.25, 0.3) is 0 Å². The lowest BCUT2D eigenvalue weighted by molar-refractivity contribution is -0.0753. The highest BCUT2D eigenvalue weighted by molar-refractivity contribution is 7.54. The van der Waals surface area contributed by atoms with Crippen LogP contribution >= 0.6 is 15.8 Å². The van der Waals surface area contributed by atoms with Gasteiger partial charge in [-0.25, -0.2) is 9.76 Å². The zero-order valence-electron chi connectivity index (χ0n) is 16.0. The van der Waals surface area contributed by atoms with E-state index >= 15 is 0 Å². The fourth-order valence-electron chi connectivity index (χ4n) is 2.54. The van der Waals surface area contributed by atoms with E-state index in [1.807, 2.05) is 20.8 Å². The summed E-state index contributed by atoms with van der Waals surface area (Å²) < 4.78 is 48.1. The molecule has 1 rings (SSSR count). The van der Waals surface area contributed by atoms with E-state index in [9.17, 15) is 9.13 Å². The van der Waals surface area contributed by atoms with Crippen LogP contribution in [-0.4, -0.2) is 69.0 Å². The van der Waals surface area contributed by atoms with Gasteiger partial charge in [0.2, 0.25) is 0 Å². The summed E-state index contributed by atoms with van der Waals surface area (Å²) in [6, 6.07) is 0. The Kier molecular flexibility index (Phi) is 10.9. The molecule has 0 amide bonds. The second-order valence-corrected chi connectivity index (χ2v) is 9.41. The van der Waals surface area contributed by atoms with Gasteiger partial charge in [-0.3, -0.25) is 4.57 Å². The largest absolute Gasteiger partial charge is 0.610 e. The van der Waals surface area contributed by atoms with Gasteiger partial charge in [0.15, 0.2) is 0 Å². The predicted octanol–water partition coefficient (Wildman–Crippen LogP) is 1.19. The Labute approximate surface area is 156 Å². The zero-order valence-corrected chi connectivity index (χ0v) is 17.8. The van der Waals surface area contributed by atoms with Crippen molar-refractivity contribution in [3.05, 3.63) is 0 Å². The Bertz CT molecular complexity index is 486. The lowest BCUT2D eigenvalue weighted by Gasteiger charge is -2.39. The third-order valence-corrected chi connectivity index (χ3v) is 6.59. The Morgan fingerprint density at radius 3 is 2.69 bits per heavy atom. The molecular formula is C14H33N4O6P2+. The SMILES string of the molecule is CC[C@H](C)O[C@@H](CN)COP(=O)(NC)N1C[C@@H](CO[P+](N)=O)O[C@@H](C)C1. The number of nitrogens with one attached hydrogen (secondary N) is 1. The van der Waals surface area contributed by atoms with Gasteiger partial charge in [0, 0.05) is 19.6 Å². The van der Waals surface area contributed by atoms with Crippen LogP contribution in [-0.2, 0) is 27.7 Å². The van der Waals surface area contributed by atoms with Gasteiger partial charge in [0.05, 0.1) is 31.0 Å². The minimum atomic E-state index is -3.31. The highest BCUT2D eigenvalue weighted by atomic mass is 31.2. The fourth-order valence-corrected chi connectivity index (χ4v) is 4.64. The minimum Gasteiger partial charge on any atom is -0.372 e. The number of hydrogen-bond acceptors (Lipinski definition) is 7. The van der Waals surface area contributed by atoms with Crippen LogP contribution in [0.15, 0.2) is 0 Å². The summed E-state index contributed by atoms with van der Waals surface area (Å²) in [6.45, 7) is 6.98. The van der Waals surface area contributed by atoms with Crippen LogP contribution in [0.3, 0.4) is 0 Å².